The van der Waals surface area contributed by atoms with E-state index in [0.29, 0.717) is 6.42 Å². The third-order valence-corrected chi connectivity index (χ3v) is 3.66. The van der Waals surface area contributed by atoms with E-state index in [0.717, 1.165) is 12.8 Å². The highest BCUT2D eigenvalue weighted by molar-refractivity contribution is 6.04. The number of likely N-dealkylation sites (tertiary alicyclic amines) is 1. The van der Waals surface area contributed by atoms with Crippen molar-refractivity contribution in [2.45, 2.75) is 66.3 Å². The van der Waals surface area contributed by atoms with E-state index in [2.05, 4.69) is 20.8 Å². The topological polar surface area (TPSA) is 37.4 Å². The molecule has 0 aromatic carbocycles. The number of nitrogens with zero attached hydrogens (tertiary/aromatic N) is 1. The van der Waals surface area contributed by atoms with Gasteiger partial charge in [0.2, 0.25) is 11.8 Å². The lowest BCUT2D eigenvalue weighted by atomic mass is 9.74. The first kappa shape index (κ1) is 14.2. The van der Waals surface area contributed by atoms with Gasteiger partial charge in [0.05, 0.1) is 5.92 Å². The van der Waals surface area contributed by atoms with Gasteiger partial charge in [0.25, 0.3) is 0 Å². The van der Waals surface area contributed by atoms with E-state index in [1.54, 1.807) is 0 Å². The number of imide groups is 1. The van der Waals surface area contributed by atoms with Crippen molar-refractivity contribution in [2.75, 3.05) is 0 Å². The molecule has 1 aliphatic rings. The summed E-state index contributed by atoms with van der Waals surface area (Å²) in [5.41, 5.74) is -0.479. The highest BCUT2D eigenvalue weighted by Gasteiger charge is 2.49. The Balaban J connectivity index is 2.96. The molecule has 2 amide bonds. The maximum atomic E-state index is 12.4. The van der Waals surface area contributed by atoms with Crippen molar-refractivity contribution >= 4 is 11.8 Å². The van der Waals surface area contributed by atoms with E-state index in [1.165, 1.54) is 4.90 Å². The van der Waals surface area contributed by atoms with Crippen LogP contribution in [0.3, 0.4) is 0 Å². The van der Waals surface area contributed by atoms with Gasteiger partial charge in [0.1, 0.15) is 0 Å². The lowest BCUT2D eigenvalue weighted by molar-refractivity contribution is -0.145. The fourth-order valence-corrected chi connectivity index (χ4v) is 2.77. The van der Waals surface area contributed by atoms with E-state index in [1.807, 2.05) is 20.8 Å². The van der Waals surface area contributed by atoms with Crippen LogP contribution in [-0.2, 0) is 9.59 Å². The molecule has 1 heterocycles. The number of hydrogen-bond acceptors (Lipinski definition) is 2. The summed E-state index contributed by atoms with van der Waals surface area (Å²) in [4.78, 5) is 25.8. The Morgan fingerprint density at radius 3 is 2.06 bits per heavy atom. The van der Waals surface area contributed by atoms with Crippen molar-refractivity contribution in [1.82, 2.24) is 4.90 Å². The molecule has 98 valence electrons. The molecule has 1 atom stereocenters. The van der Waals surface area contributed by atoms with Crippen LogP contribution in [0, 0.1) is 11.3 Å². The van der Waals surface area contributed by atoms with Gasteiger partial charge in [-0.05, 0) is 32.6 Å². The van der Waals surface area contributed by atoms with Crippen molar-refractivity contribution in [3.05, 3.63) is 0 Å². The van der Waals surface area contributed by atoms with Crippen LogP contribution in [0.25, 0.3) is 0 Å². The standard InChI is InChI=1S/C14H25NO2/c1-7-8-14(5,6)10-9-11(16)15(12(10)17)13(2,3)4/h10H,7-9H2,1-6H3. The lowest BCUT2D eigenvalue weighted by Gasteiger charge is -2.33. The Morgan fingerprint density at radius 2 is 1.71 bits per heavy atom. The molecule has 0 aliphatic carbocycles. The van der Waals surface area contributed by atoms with Crippen molar-refractivity contribution in [3.63, 3.8) is 0 Å². The second-order valence-corrected chi connectivity index (χ2v) is 6.73. The van der Waals surface area contributed by atoms with Crippen molar-refractivity contribution in [1.29, 1.82) is 0 Å². The van der Waals surface area contributed by atoms with Crippen LogP contribution in [0.5, 0.6) is 0 Å². The maximum absolute atomic E-state index is 12.4. The molecule has 1 aliphatic heterocycles. The van der Waals surface area contributed by atoms with Crippen LogP contribution < -0.4 is 0 Å². The minimum atomic E-state index is -0.398. The maximum Gasteiger partial charge on any atom is 0.233 e. The van der Waals surface area contributed by atoms with E-state index < -0.39 is 5.54 Å². The second kappa shape index (κ2) is 4.43. The minimum Gasteiger partial charge on any atom is -0.277 e. The van der Waals surface area contributed by atoms with Crippen LogP contribution in [0.1, 0.15) is 60.8 Å². The molecule has 0 aromatic rings. The summed E-state index contributed by atoms with van der Waals surface area (Å²) >= 11 is 0. The quantitative estimate of drug-likeness (QED) is 0.710. The zero-order chi connectivity index (χ0) is 13.4. The predicted molar refractivity (Wildman–Crippen MR) is 68.4 cm³/mol. The number of carbonyl (C=O) groups is 2. The van der Waals surface area contributed by atoms with Crippen LogP contribution in [-0.4, -0.2) is 22.3 Å². The molecule has 0 N–H and O–H groups in total. The molecule has 1 rings (SSSR count). The van der Waals surface area contributed by atoms with Gasteiger partial charge in [-0.2, -0.15) is 0 Å². The van der Waals surface area contributed by atoms with Gasteiger partial charge in [-0.25, -0.2) is 0 Å². The van der Waals surface area contributed by atoms with E-state index in [4.69, 9.17) is 0 Å². The Morgan fingerprint density at radius 1 is 1.18 bits per heavy atom. The summed E-state index contributed by atoms with van der Waals surface area (Å²) in [7, 11) is 0. The minimum absolute atomic E-state index is 0.0148. The fraction of sp³-hybridized carbons (Fsp3) is 0.857. The average molecular weight is 239 g/mol. The summed E-state index contributed by atoms with van der Waals surface area (Å²) in [6.45, 7) is 12.1. The lowest BCUT2D eigenvalue weighted by Crippen LogP contribution is -2.46. The van der Waals surface area contributed by atoms with E-state index in [-0.39, 0.29) is 23.1 Å². The highest BCUT2D eigenvalue weighted by atomic mass is 16.2. The highest BCUT2D eigenvalue weighted by Crippen LogP contribution is 2.41. The van der Waals surface area contributed by atoms with Gasteiger partial charge in [-0.15, -0.1) is 0 Å². The molecule has 1 saturated heterocycles. The van der Waals surface area contributed by atoms with Gasteiger partial charge in [0, 0.05) is 12.0 Å². The van der Waals surface area contributed by atoms with E-state index in [9.17, 15) is 9.59 Å². The van der Waals surface area contributed by atoms with Gasteiger partial charge >= 0.3 is 0 Å². The van der Waals surface area contributed by atoms with Crippen LogP contribution >= 0.6 is 0 Å². The SMILES string of the molecule is CCCC(C)(C)C1CC(=O)N(C(C)(C)C)C1=O. The molecule has 1 fully saturated rings. The molecule has 3 nitrogen and oxygen atoms in total. The molecule has 17 heavy (non-hydrogen) atoms. The molecular formula is C14H25NO2. The molecular weight excluding hydrogens is 214 g/mol. The monoisotopic (exact) mass is 239 g/mol. The number of hydrogen-bond donors (Lipinski definition) is 0. The van der Waals surface area contributed by atoms with Crippen LogP contribution in [0.15, 0.2) is 0 Å². The first-order valence-corrected chi connectivity index (χ1v) is 6.48. The summed E-state index contributed by atoms with van der Waals surface area (Å²) in [6.07, 6.45) is 2.40. The van der Waals surface area contributed by atoms with Crippen molar-refractivity contribution in [3.8, 4) is 0 Å². The molecule has 0 saturated carbocycles. The third-order valence-electron chi connectivity index (χ3n) is 3.66. The first-order chi connectivity index (χ1) is 7.61. The summed E-state index contributed by atoms with van der Waals surface area (Å²) in [5, 5.41) is 0. The summed E-state index contributed by atoms with van der Waals surface area (Å²) in [5.74, 6) is -0.146. The third kappa shape index (κ3) is 2.70. The first-order valence-electron chi connectivity index (χ1n) is 6.48. The van der Waals surface area contributed by atoms with Crippen molar-refractivity contribution < 1.29 is 9.59 Å². The summed E-state index contributed by atoms with van der Waals surface area (Å²) in [6, 6.07) is 0. The van der Waals surface area contributed by atoms with Gasteiger partial charge < -0.3 is 0 Å². The molecule has 0 bridgehead atoms. The van der Waals surface area contributed by atoms with E-state index >= 15 is 0 Å². The molecule has 0 aromatic heterocycles. The molecule has 1 unspecified atom stereocenters. The molecule has 0 radical (unpaired) electrons. The molecule has 3 heteroatoms. The van der Waals surface area contributed by atoms with Crippen molar-refractivity contribution in [2.24, 2.45) is 11.3 Å². The smallest absolute Gasteiger partial charge is 0.233 e. The molecule has 0 spiro atoms. The fourth-order valence-electron chi connectivity index (χ4n) is 2.77. The van der Waals surface area contributed by atoms with Crippen LogP contribution in [0.4, 0.5) is 0 Å². The summed E-state index contributed by atoms with van der Waals surface area (Å²) < 4.78 is 0. The zero-order valence-corrected chi connectivity index (χ0v) is 12.0. The number of carbonyl (C=O) groups excluding carboxylic acids is 2. The van der Waals surface area contributed by atoms with Gasteiger partial charge in [-0.3, -0.25) is 14.5 Å². The Labute approximate surface area is 105 Å². The normalized spacial score (nSPS) is 22.5. The van der Waals surface area contributed by atoms with Crippen LogP contribution in [0.2, 0.25) is 0 Å². The Kier molecular flexibility index (Phi) is 3.70. The Hall–Kier alpha value is -0.860. The Bertz CT molecular complexity index is 326. The van der Waals surface area contributed by atoms with Gasteiger partial charge in [0.15, 0.2) is 0 Å². The predicted octanol–water partition coefficient (Wildman–Crippen LogP) is 2.99. The number of rotatable bonds is 3. The second-order valence-electron chi connectivity index (χ2n) is 6.73. The largest absolute Gasteiger partial charge is 0.277 e. The van der Waals surface area contributed by atoms with Gasteiger partial charge in [-0.1, -0.05) is 27.2 Å². The zero-order valence-electron chi connectivity index (χ0n) is 12.0. The average Bonchev–Trinajstić information content (AvgIpc) is 2.40. The number of amides is 2.